The predicted octanol–water partition coefficient (Wildman–Crippen LogP) is 3.03. The van der Waals surface area contributed by atoms with Gasteiger partial charge in [0.2, 0.25) is 0 Å². The van der Waals surface area contributed by atoms with E-state index >= 15 is 0 Å². The average molecular weight is 284 g/mol. The molecule has 1 fully saturated rings. The topological polar surface area (TPSA) is 35.5 Å². The lowest BCUT2D eigenvalue weighted by atomic mass is 9.85. The highest BCUT2D eigenvalue weighted by Gasteiger charge is 2.30. The average Bonchev–Trinajstić information content (AvgIpc) is 2.57. The van der Waals surface area contributed by atoms with E-state index in [1.165, 1.54) is 32.4 Å². The monoisotopic (exact) mass is 284 g/mol. The molecule has 1 heterocycles. The van der Waals surface area contributed by atoms with Crippen molar-refractivity contribution in [3.63, 3.8) is 0 Å². The smallest absolute Gasteiger partial charge is 0.0611 e. The van der Waals surface area contributed by atoms with Gasteiger partial charge in [-0.3, -0.25) is 0 Å². The van der Waals surface area contributed by atoms with Crippen molar-refractivity contribution in [2.45, 2.75) is 78.3 Å². The van der Waals surface area contributed by atoms with E-state index < -0.39 is 0 Å². The molecule has 3 nitrogen and oxygen atoms in total. The second-order valence-electron chi connectivity index (χ2n) is 7.75. The number of likely N-dealkylation sites (tertiary alicyclic amines) is 1. The largest absolute Gasteiger partial charge is 0.394 e. The summed E-state index contributed by atoms with van der Waals surface area (Å²) in [6, 6.07) is 0.533. The molecular formula is C17H36N2O. The molecule has 2 unspecified atom stereocenters. The second kappa shape index (κ2) is 7.77. The minimum atomic E-state index is -0.142. The molecule has 0 amide bonds. The van der Waals surface area contributed by atoms with Crippen molar-refractivity contribution in [3.05, 3.63) is 0 Å². The summed E-state index contributed by atoms with van der Waals surface area (Å²) in [5.74, 6) is 0. The van der Waals surface area contributed by atoms with Crippen LogP contribution in [0.15, 0.2) is 0 Å². The summed E-state index contributed by atoms with van der Waals surface area (Å²) in [5.41, 5.74) is 0.354. The molecule has 120 valence electrons. The van der Waals surface area contributed by atoms with Gasteiger partial charge in [-0.1, -0.05) is 20.8 Å². The molecule has 2 N–H and O–H groups in total. The first kappa shape index (κ1) is 17.9. The summed E-state index contributed by atoms with van der Waals surface area (Å²) in [6.45, 7) is 15.0. The number of aliphatic hydroxyl groups excluding tert-OH is 1. The third-order valence-electron chi connectivity index (χ3n) is 4.89. The van der Waals surface area contributed by atoms with E-state index in [9.17, 15) is 5.11 Å². The SMILES string of the molecule is CCCNC(C)(CO)CC(C)N1CCCC(C)(C)CC1. The molecule has 0 aromatic rings. The van der Waals surface area contributed by atoms with Crippen molar-refractivity contribution in [1.29, 1.82) is 0 Å². The molecule has 1 rings (SSSR count). The number of hydrogen-bond donors (Lipinski definition) is 2. The van der Waals surface area contributed by atoms with Gasteiger partial charge in [0, 0.05) is 11.6 Å². The van der Waals surface area contributed by atoms with Crippen molar-refractivity contribution in [2.24, 2.45) is 5.41 Å². The number of aliphatic hydroxyl groups is 1. The molecule has 3 heteroatoms. The molecule has 2 atom stereocenters. The zero-order chi connectivity index (χ0) is 15.2. The minimum absolute atomic E-state index is 0.142. The van der Waals surface area contributed by atoms with Gasteiger partial charge in [0.05, 0.1) is 6.61 Å². The van der Waals surface area contributed by atoms with Crippen LogP contribution in [0.3, 0.4) is 0 Å². The standard InChI is InChI=1S/C17H36N2O/c1-6-10-18-17(5,14-20)13-15(2)19-11-7-8-16(3,4)9-12-19/h15,18,20H,6-14H2,1-5H3. The Kier molecular flexibility index (Phi) is 6.96. The molecule has 20 heavy (non-hydrogen) atoms. The third-order valence-corrected chi connectivity index (χ3v) is 4.89. The molecule has 0 radical (unpaired) electrons. The fourth-order valence-electron chi connectivity index (χ4n) is 3.29. The van der Waals surface area contributed by atoms with E-state index in [2.05, 4.69) is 44.8 Å². The summed E-state index contributed by atoms with van der Waals surface area (Å²) in [4.78, 5) is 2.62. The van der Waals surface area contributed by atoms with E-state index in [1.54, 1.807) is 0 Å². The fourth-order valence-corrected chi connectivity index (χ4v) is 3.29. The first-order valence-electron chi connectivity index (χ1n) is 8.42. The molecule has 0 saturated carbocycles. The highest BCUT2D eigenvalue weighted by molar-refractivity contribution is 4.88. The van der Waals surface area contributed by atoms with Crippen LogP contribution in [0.25, 0.3) is 0 Å². The molecule has 0 spiro atoms. The van der Waals surface area contributed by atoms with Gasteiger partial charge in [0.25, 0.3) is 0 Å². The van der Waals surface area contributed by atoms with E-state index in [0.29, 0.717) is 11.5 Å². The molecular weight excluding hydrogens is 248 g/mol. The van der Waals surface area contributed by atoms with Gasteiger partial charge in [-0.05, 0) is 71.0 Å². The van der Waals surface area contributed by atoms with Crippen molar-refractivity contribution in [1.82, 2.24) is 10.2 Å². The quantitative estimate of drug-likeness (QED) is 0.754. The van der Waals surface area contributed by atoms with Gasteiger partial charge in [-0.2, -0.15) is 0 Å². The van der Waals surface area contributed by atoms with Crippen molar-refractivity contribution in [2.75, 3.05) is 26.2 Å². The van der Waals surface area contributed by atoms with Gasteiger partial charge in [0.15, 0.2) is 0 Å². The predicted molar refractivity (Wildman–Crippen MR) is 87.1 cm³/mol. The van der Waals surface area contributed by atoms with E-state index in [-0.39, 0.29) is 12.1 Å². The highest BCUT2D eigenvalue weighted by atomic mass is 16.3. The Morgan fingerprint density at radius 3 is 2.60 bits per heavy atom. The Hall–Kier alpha value is -0.120. The number of nitrogens with one attached hydrogen (secondary N) is 1. The molecule has 0 aromatic heterocycles. The van der Waals surface area contributed by atoms with Crippen LogP contribution in [0.5, 0.6) is 0 Å². The fraction of sp³-hybridized carbons (Fsp3) is 1.00. The molecule has 1 aliphatic rings. The van der Waals surface area contributed by atoms with Crippen LogP contribution in [0.4, 0.5) is 0 Å². The van der Waals surface area contributed by atoms with E-state index in [1.807, 2.05) is 0 Å². The number of nitrogens with zero attached hydrogens (tertiary/aromatic N) is 1. The van der Waals surface area contributed by atoms with Gasteiger partial charge in [0.1, 0.15) is 0 Å². The van der Waals surface area contributed by atoms with Crippen LogP contribution in [0.1, 0.15) is 66.7 Å². The Labute approximate surface area is 126 Å². The Bertz CT molecular complexity index is 280. The van der Waals surface area contributed by atoms with Gasteiger partial charge in [-0.25, -0.2) is 0 Å². The Balaban J connectivity index is 2.53. The van der Waals surface area contributed by atoms with Gasteiger partial charge in [-0.15, -0.1) is 0 Å². The van der Waals surface area contributed by atoms with E-state index in [4.69, 9.17) is 0 Å². The lowest BCUT2D eigenvalue weighted by molar-refractivity contribution is 0.114. The Morgan fingerprint density at radius 2 is 2.00 bits per heavy atom. The Morgan fingerprint density at radius 1 is 1.30 bits per heavy atom. The summed E-state index contributed by atoms with van der Waals surface area (Å²) in [7, 11) is 0. The molecule has 0 aromatic carbocycles. The van der Waals surface area contributed by atoms with Gasteiger partial charge < -0.3 is 15.3 Å². The third kappa shape index (κ3) is 5.71. The lowest BCUT2D eigenvalue weighted by Crippen LogP contribution is -2.51. The maximum absolute atomic E-state index is 9.72. The van der Waals surface area contributed by atoms with Gasteiger partial charge >= 0.3 is 0 Å². The first-order valence-corrected chi connectivity index (χ1v) is 8.42. The van der Waals surface area contributed by atoms with Crippen LogP contribution in [0, 0.1) is 5.41 Å². The summed E-state index contributed by atoms with van der Waals surface area (Å²) >= 11 is 0. The summed E-state index contributed by atoms with van der Waals surface area (Å²) in [5, 5.41) is 13.2. The van der Waals surface area contributed by atoms with Crippen molar-refractivity contribution in [3.8, 4) is 0 Å². The minimum Gasteiger partial charge on any atom is -0.394 e. The number of rotatable bonds is 7. The lowest BCUT2D eigenvalue weighted by Gasteiger charge is -2.36. The first-order chi connectivity index (χ1) is 9.32. The van der Waals surface area contributed by atoms with Crippen LogP contribution in [-0.2, 0) is 0 Å². The summed E-state index contributed by atoms with van der Waals surface area (Å²) < 4.78 is 0. The number of hydrogen-bond acceptors (Lipinski definition) is 3. The highest BCUT2D eigenvalue weighted by Crippen LogP contribution is 2.31. The van der Waals surface area contributed by atoms with E-state index in [0.717, 1.165) is 19.4 Å². The van der Waals surface area contributed by atoms with Crippen LogP contribution >= 0.6 is 0 Å². The zero-order valence-electron chi connectivity index (χ0n) is 14.3. The summed E-state index contributed by atoms with van der Waals surface area (Å²) in [6.07, 6.45) is 6.05. The molecule has 1 aliphatic heterocycles. The maximum atomic E-state index is 9.72. The molecule has 1 saturated heterocycles. The second-order valence-corrected chi connectivity index (χ2v) is 7.75. The van der Waals surface area contributed by atoms with Crippen LogP contribution in [0.2, 0.25) is 0 Å². The van der Waals surface area contributed by atoms with Crippen molar-refractivity contribution >= 4 is 0 Å². The molecule has 0 aliphatic carbocycles. The molecule has 0 bridgehead atoms. The van der Waals surface area contributed by atoms with Crippen molar-refractivity contribution < 1.29 is 5.11 Å². The zero-order valence-corrected chi connectivity index (χ0v) is 14.3. The maximum Gasteiger partial charge on any atom is 0.0611 e. The normalized spacial score (nSPS) is 24.9. The van der Waals surface area contributed by atoms with Crippen LogP contribution in [-0.4, -0.2) is 47.8 Å². The van der Waals surface area contributed by atoms with Crippen LogP contribution < -0.4 is 5.32 Å².